The Bertz CT molecular complexity index is 919. The summed E-state index contributed by atoms with van der Waals surface area (Å²) in [6, 6.07) is 14.8. The quantitative estimate of drug-likeness (QED) is 0.507. The van der Waals surface area contributed by atoms with Gasteiger partial charge in [0.05, 0.1) is 6.20 Å². The summed E-state index contributed by atoms with van der Waals surface area (Å²) in [4.78, 5) is 32.7. The molecule has 0 fully saturated rings. The molecule has 0 saturated heterocycles. The predicted octanol–water partition coefficient (Wildman–Crippen LogP) is 3.50. The molecule has 2 N–H and O–H groups in total. The van der Waals surface area contributed by atoms with Crippen molar-refractivity contribution in [3.8, 4) is 0 Å². The second kappa shape index (κ2) is 9.16. The lowest BCUT2D eigenvalue weighted by Gasteiger charge is -2.07. The maximum atomic E-state index is 12.1. The van der Waals surface area contributed by atoms with E-state index in [9.17, 15) is 9.59 Å². The smallest absolute Gasteiger partial charge is 0.267 e. The van der Waals surface area contributed by atoms with Crippen LogP contribution in [0.5, 0.6) is 0 Å². The minimum atomic E-state index is -0.535. The normalized spacial score (nSPS) is 10.3. The third-order valence-corrected chi connectivity index (χ3v) is 4.86. The van der Waals surface area contributed by atoms with E-state index in [0.717, 1.165) is 16.2 Å². The average Bonchev–Trinajstić information content (AvgIpc) is 2.72. The van der Waals surface area contributed by atoms with Gasteiger partial charge >= 0.3 is 0 Å². The summed E-state index contributed by atoms with van der Waals surface area (Å²) in [5.74, 6) is -0.177. The lowest BCUT2D eigenvalue weighted by atomic mass is 10.1. The molecule has 0 radical (unpaired) electrons. The van der Waals surface area contributed by atoms with Crippen molar-refractivity contribution in [3.05, 3.63) is 89.0 Å². The highest BCUT2D eigenvalue weighted by Gasteiger charge is 2.10. The van der Waals surface area contributed by atoms with Crippen LogP contribution in [0.15, 0.2) is 72.0 Å². The zero-order valence-electron chi connectivity index (χ0n) is 14.1. The molecule has 0 aliphatic rings. The number of carbonyl (C=O) groups is 2. The fourth-order valence-electron chi connectivity index (χ4n) is 2.12. The molecule has 1 heterocycles. The number of amides is 2. The molecule has 136 valence electrons. The Balaban J connectivity index is 1.51. The van der Waals surface area contributed by atoms with E-state index in [-0.39, 0.29) is 5.69 Å². The van der Waals surface area contributed by atoms with Crippen molar-refractivity contribution < 1.29 is 9.59 Å². The first-order chi connectivity index (χ1) is 13.1. The molecular weight excluding hydrogens is 384 g/mol. The zero-order valence-corrected chi connectivity index (χ0v) is 15.6. The van der Waals surface area contributed by atoms with Gasteiger partial charge in [0.1, 0.15) is 5.69 Å². The molecule has 0 saturated carbocycles. The van der Waals surface area contributed by atoms with Crippen LogP contribution in [0.1, 0.15) is 26.4 Å². The van der Waals surface area contributed by atoms with Crippen molar-refractivity contribution in [1.29, 1.82) is 0 Å². The monoisotopic (exact) mass is 398 g/mol. The fourth-order valence-corrected chi connectivity index (χ4v) is 3.10. The molecule has 0 unspecified atom stereocenters. The summed E-state index contributed by atoms with van der Waals surface area (Å²) in [6.07, 6.45) is 4.17. The molecule has 0 aliphatic heterocycles. The number of rotatable bonds is 5. The van der Waals surface area contributed by atoms with Gasteiger partial charge in [0.15, 0.2) is 0 Å². The Hall–Kier alpha value is -2.90. The van der Waals surface area contributed by atoms with Crippen LogP contribution in [0.4, 0.5) is 0 Å². The molecule has 8 heteroatoms. The number of benzene rings is 2. The van der Waals surface area contributed by atoms with Crippen LogP contribution in [-0.2, 0) is 5.75 Å². The van der Waals surface area contributed by atoms with Crippen LogP contribution >= 0.6 is 23.4 Å². The molecule has 6 nitrogen and oxygen atoms in total. The van der Waals surface area contributed by atoms with E-state index < -0.39 is 11.8 Å². The van der Waals surface area contributed by atoms with Crippen LogP contribution in [0.25, 0.3) is 0 Å². The van der Waals surface area contributed by atoms with E-state index >= 15 is 0 Å². The standard InChI is InChI=1S/C19H15ClN4O2S/c20-15-5-7-16(8-6-15)27-12-13-1-3-14(4-2-13)18(25)23-24-19(26)17-11-21-9-10-22-17/h1-11H,12H2,(H,23,25)(H,24,26). The highest BCUT2D eigenvalue weighted by molar-refractivity contribution is 7.98. The zero-order chi connectivity index (χ0) is 19.1. The molecule has 3 rings (SSSR count). The number of nitrogens with zero attached hydrogens (tertiary/aromatic N) is 2. The van der Waals surface area contributed by atoms with Crippen molar-refractivity contribution in [2.24, 2.45) is 0 Å². The van der Waals surface area contributed by atoms with Gasteiger partial charge in [-0.2, -0.15) is 0 Å². The summed E-state index contributed by atoms with van der Waals surface area (Å²) in [5, 5.41) is 0.709. The van der Waals surface area contributed by atoms with Gasteiger partial charge in [0, 0.05) is 33.6 Å². The van der Waals surface area contributed by atoms with Crippen molar-refractivity contribution >= 4 is 35.2 Å². The number of nitrogens with one attached hydrogen (secondary N) is 2. The van der Waals surface area contributed by atoms with Gasteiger partial charge in [-0.05, 0) is 42.0 Å². The van der Waals surface area contributed by atoms with Crippen LogP contribution in [-0.4, -0.2) is 21.8 Å². The maximum absolute atomic E-state index is 12.1. The number of hydrogen-bond donors (Lipinski definition) is 2. The first-order valence-electron chi connectivity index (χ1n) is 7.96. The Morgan fingerprint density at radius 2 is 1.63 bits per heavy atom. The highest BCUT2D eigenvalue weighted by Crippen LogP contribution is 2.24. The highest BCUT2D eigenvalue weighted by atomic mass is 35.5. The first kappa shape index (κ1) is 18.9. The summed E-state index contributed by atoms with van der Waals surface area (Å²) in [5.41, 5.74) is 6.30. The molecule has 3 aromatic rings. The molecule has 0 spiro atoms. The minimum absolute atomic E-state index is 0.118. The summed E-state index contributed by atoms with van der Waals surface area (Å²) in [7, 11) is 0. The third kappa shape index (κ3) is 5.54. The van der Waals surface area contributed by atoms with E-state index in [1.54, 1.807) is 23.9 Å². The number of hydrogen-bond acceptors (Lipinski definition) is 5. The number of thioether (sulfide) groups is 1. The number of halogens is 1. The topological polar surface area (TPSA) is 84.0 Å². The molecule has 2 aromatic carbocycles. The van der Waals surface area contributed by atoms with Crippen LogP contribution in [0.3, 0.4) is 0 Å². The number of carbonyl (C=O) groups excluding carboxylic acids is 2. The van der Waals surface area contributed by atoms with Gasteiger partial charge in [-0.1, -0.05) is 23.7 Å². The SMILES string of the molecule is O=C(NNC(=O)c1cnccn1)c1ccc(CSc2ccc(Cl)cc2)cc1. The van der Waals surface area contributed by atoms with Crippen molar-refractivity contribution in [3.63, 3.8) is 0 Å². The molecular formula is C19H15ClN4O2S. The minimum Gasteiger partial charge on any atom is -0.267 e. The van der Waals surface area contributed by atoms with E-state index in [1.807, 2.05) is 36.4 Å². The second-order valence-electron chi connectivity index (χ2n) is 5.44. The second-order valence-corrected chi connectivity index (χ2v) is 6.92. The fraction of sp³-hybridized carbons (Fsp3) is 0.0526. The van der Waals surface area contributed by atoms with Crippen LogP contribution in [0.2, 0.25) is 5.02 Å². The largest absolute Gasteiger partial charge is 0.289 e. The van der Waals surface area contributed by atoms with Crippen LogP contribution in [0, 0.1) is 0 Å². The summed E-state index contributed by atoms with van der Waals surface area (Å²) < 4.78 is 0. The summed E-state index contributed by atoms with van der Waals surface area (Å²) >= 11 is 7.56. The van der Waals surface area contributed by atoms with Gasteiger partial charge < -0.3 is 0 Å². The lowest BCUT2D eigenvalue weighted by Crippen LogP contribution is -2.41. The Morgan fingerprint density at radius 1 is 0.926 bits per heavy atom. The molecule has 0 aliphatic carbocycles. The molecule has 27 heavy (non-hydrogen) atoms. The van der Waals surface area contributed by atoms with Gasteiger partial charge in [-0.3, -0.25) is 25.4 Å². The van der Waals surface area contributed by atoms with E-state index in [1.165, 1.54) is 18.6 Å². The van der Waals surface area contributed by atoms with E-state index in [0.29, 0.717) is 10.6 Å². The van der Waals surface area contributed by atoms with Gasteiger partial charge in [-0.15, -0.1) is 11.8 Å². The van der Waals surface area contributed by atoms with E-state index in [2.05, 4.69) is 20.8 Å². The Labute approximate surface area is 165 Å². The third-order valence-electron chi connectivity index (χ3n) is 3.52. The molecule has 0 atom stereocenters. The van der Waals surface area contributed by atoms with Crippen molar-refractivity contribution in [1.82, 2.24) is 20.8 Å². The maximum Gasteiger partial charge on any atom is 0.289 e. The van der Waals surface area contributed by atoms with Crippen molar-refractivity contribution in [2.75, 3.05) is 0 Å². The van der Waals surface area contributed by atoms with Gasteiger partial charge in [0.25, 0.3) is 11.8 Å². The lowest BCUT2D eigenvalue weighted by molar-refractivity contribution is 0.0843. The number of hydrazine groups is 1. The molecule has 2 amide bonds. The van der Waals surface area contributed by atoms with Gasteiger partial charge in [0.2, 0.25) is 0 Å². The average molecular weight is 399 g/mol. The molecule has 0 bridgehead atoms. The predicted molar refractivity (Wildman–Crippen MR) is 104 cm³/mol. The van der Waals surface area contributed by atoms with Gasteiger partial charge in [-0.25, -0.2) is 4.98 Å². The first-order valence-corrected chi connectivity index (χ1v) is 9.32. The van der Waals surface area contributed by atoms with E-state index in [4.69, 9.17) is 11.6 Å². The Morgan fingerprint density at radius 3 is 2.30 bits per heavy atom. The van der Waals surface area contributed by atoms with Crippen LogP contribution < -0.4 is 10.9 Å². The Kier molecular flexibility index (Phi) is 6.40. The summed E-state index contributed by atoms with van der Waals surface area (Å²) in [6.45, 7) is 0. The molecule has 1 aromatic heterocycles. The van der Waals surface area contributed by atoms with Crippen molar-refractivity contribution in [2.45, 2.75) is 10.6 Å². The number of aromatic nitrogens is 2.